The van der Waals surface area contributed by atoms with E-state index in [9.17, 15) is 4.79 Å². The van der Waals surface area contributed by atoms with E-state index in [-0.39, 0.29) is 5.91 Å². The summed E-state index contributed by atoms with van der Waals surface area (Å²) in [5, 5.41) is 7.93. The van der Waals surface area contributed by atoms with Gasteiger partial charge in [0.15, 0.2) is 5.96 Å². The Balaban J connectivity index is 1.78. The van der Waals surface area contributed by atoms with Crippen molar-refractivity contribution < 1.29 is 4.79 Å². The standard InChI is InChI=1S/C16H28N6OS/c1-3-18-16(19-7-4-15-20-10-12(2)24-15)21-13-5-8-22(9-6-13)11-14(17)23/h10,13H,3-9,11H2,1-2H3,(H2,17,23)(H2,18,19,21). The monoisotopic (exact) mass is 352 g/mol. The van der Waals surface area contributed by atoms with E-state index in [0.29, 0.717) is 12.6 Å². The number of piperidine rings is 1. The summed E-state index contributed by atoms with van der Waals surface area (Å²) in [5.41, 5.74) is 5.25. The number of thiazole rings is 1. The van der Waals surface area contributed by atoms with Crippen LogP contribution < -0.4 is 16.4 Å². The van der Waals surface area contributed by atoms with Crippen LogP contribution in [0.15, 0.2) is 11.2 Å². The highest BCUT2D eigenvalue weighted by molar-refractivity contribution is 7.11. The first-order valence-corrected chi connectivity index (χ1v) is 9.35. The number of aryl methyl sites for hydroxylation is 1. The molecule has 2 heterocycles. The number of nitrogens with one attached hydrogen (secondary N) is 2. The molecule has 134 valence electrons. The van der Waals surface area contributed by atoms with Gasteiger partial charge < -0.3 is 16.4 Å². The second-order valence-electron chi connectivity index (χ2n) is 6.04. The van der Waals surface area contributed by atoms with Crippen LogP contribution >= 0.6 is 11.3 Å². The van der Waals surface area contributed by atoms with Gasteiger partial charge in [-0.15, -0.1) is 11.3 Å². The number of hydrogen-bond donors (Lipinski definition) is 3. The average molecular weight is 353 g/mol. The predicted molar refractivity (Wildman–Crippen MR) is 98.3 cm³/mol. The van der Waals surface area contributed by atoms with Crippen molar-refractivity contribution in [2.75, 3.05) is 32.7 Å². The van der Waals surface area contributed by atoms with Crippen LogP contribution in [0, 0.1) is 6.92 Å². The first-order valence-electron chi connectivity index (χ1n) is 8.53. The largest absolute Gasteiger partial charge is 0.369 e. The van der Waals surface area contributed by atoms with E-state index < -0.39 is 0 Å². The number of rotatable bonds is 7. The first kappa shape index (κ1) is 18.7. The van der Waals surface area contributed by atoms with E-state index in [1.165, 1.54) is 4.88 Å². The van der Waals surface area contributed by atoms with E-state index in [1.807, 2.05) is 6.20 Å². The molecule has 1 fully saturated rings. The van der Waals surface area contributed by atoms with Crippen molar-refractivity contribution in [3.8, 4) is 0 Å². The molecule has 0 atom stereocenters. The lowest BCUT2D eigenvalue weighted by Crippen LogP contribution is -2.49. The van der Waals surface area contributed by atoms with Gasteiger partial charge in [-0.2, -0.15) is 0 Å². The van der Waals surface area contributed by atoms with E-state index in [2.05, 4.69) is 39.4 Å². The van der Waals surface area contributed by atoms with E-state index in [1.54, 1.807) is 11.3 Å². The number of hydrogen-bond acceptors (Lipinski definition) is 5. The van der Waals surface area contributed by atoms with Gasteiger partial charge in [-0.3, -0.25) is 14.7 Å². The Labute approximate surface area is 147 Å². The minimum Gasteiger partial charge on any atom is -0.369 e. The number of likely N-dealkylation sites (tertiary alicyclic amines) is 1. The number of nitrogens with two attached hydrogens (primary N) is 1. The minimum absolute atomic E-state index is 0.256. The molecule has 1 aliphatic heterocycles. The number of aliphatic imine (C=N–C) groups is 1. The summed E-state index contributed by atoms with van der Waals surface area (Å²) in [6, 6.07) is 0.383. The van der Waals surface area contributed by atoms with Gasteiger partial charge in [0.05, 0.1) is 11.6 Å². The number of nitrogens with zero attached hydrogens (tertiary/aromatic N) is 3. The summed E-state index contributed by atoms with van der Waals surface area (Å²) < 4.78 is 0. The Morgan fingerprint density at radius 3 is 2.83 bits per heavy atom. The lowest BCUT2D eigenvalue weighted by Gasteiger charge is -2.32. The summed E-state index contributed by atoms with van der Waals surface area (Å²) in [7, 11) is 0. The second-order valence-corrected chi connectivity index (χ2v) is 7.36. The molecule has 0 bridgehead atoms. The summed E-state index contributed by atoms with van der Waals surface area (Å²) in [6.07, 6.45) is 4.76. The normalized spacial score (nSPS) is 17.0. The van der Waals surface area contributed by atoms with E-state index in [4.69, 9.17) is 5.73 Å². The average Bonchev–Trinajstić information content (AvgIpc) is 2.94. The van der Waals surface area contributed by atoms with Gasteiger partial charge in [-0.1, -0.05) is 0 Å². The van der Waals surface area contributed by atoms with Crippen LogP contribution in [0.3, 0.4) is 0 Å². The van der Waals surface area contributed by atoms with Crippen molar-refractivity contribution in [3.63, 3.8) is 0 Å². The third-order valence-corrected chi connectivity index (χ3v) is 4.89. The van der Waals surface area contributed by atoms with Gasteiger partial charge in [-0.05, 0) is 26.7 Å². The summed E-state index contributed by atoms with van der Waals surface area (Å²) >= 11 is 1.73. The van der Waals surface area contributed by atoms with Gasteiger partial charge >= 0.3 is 0 Å². The third kappa shape index (κ3) is 6.45. The molecule has 1 amide bonds. The fourth-order valence-electron chi connectivity index (χ4n) is 2.75. The smallest absolute Gasteiger partial charge is 0.231 e. The lowest BCUT2D eigenvalue weighted by atomic mass is 10.1. The third-order valence-electron chi connectivity index (χ3n) is 3.92. The molecule has 0 saturated carbocycles. The molecule has 1 aromatic rings. The molecular weight excluding hydrogens is 324 g/mol. The fourth-order valence-corrected chi connectivity index (χ4v) is 3.53. The zero-order chi connectivity index (χ0) is 17.4. The maximum atomic E-state index is 11.0. The van der Waals surface area contributed by atoms with Crippen LogP contribution in [-0.4, -0.2) is 60.5 Å². The van der Waals surface area contributed by atoms with Crippen molar-refractivity contribution >= 4 is 23.2 Å². The van der Waals surface area contributed by atoms with Crippen molar-refractivity contribution in [2.45, 2.75) is 39.2 Å². The van der Waals surface area contributed by atoms with Crippen LogP contribution in [-0.2, 0) is 11.2 Å². The number of carbonyl (C=O) groups excluding carboxylic acids is 1. The quantitative estimate of drug-likeness (QED) is 0.491. The summed E-state index contributed by atoms with van der Waals surface area (Å²) in [4.78, 5) is 23.3. The molecule has 0 aliphatic carbocycles. The maximum absolute atomic E-state index is 11.0. The number of guanidine groups is 1. The summed E-state index contributed by atoms with van der Waals surface area (Å²) in [6.45, 7) is 7.83. The zero-order valence-corrected chi connectivity index (χ0v) is 15.4. The van der Waals surface area contributed by atoms with Crippen molar-refractivity contribution in [3.05, 3.63) is 16.1 Å². The van der Waals surface area contributed by atoms with Gasteiger partial charge in [-0.25, -0.2) is 4.98 Å². The second kappa shape index (κ2) is 9.58. The van der Waals surface area contributed by atoms with Crippen molar-refractivity contribution in [1.29, 1.82) is 0 Å². The highest BCUT2D eigenvalue weighted by atomic mass is 32.1. The van der Waals surface area contributed by atoms with Crippen molar-refractivity contribution in [1.82, 2.24) is 20.5 Å². The predicted octanol–water partition coefficient (Wildman–Crippen LogP) is 0.499. The molecule has 7 nitrogen and oxygen atoms in total. The molecule has 24 heavy (non-hydrogen) atoms. The van der Waals surface area contributed by atoms with Crippen LogP contribution in [0.2, 0.25) is 0 Å². The SMILES string of the molecule is CCNC(=NCCc1ncc(C)s1)NC1CCN(CC(N)=O)CC1. The molecule has 0 aromatic carbocycles. The van der Waals surface area contributed by atoms with Gasteiger partial charge in [0.2, 0.25) is 5.91 Å². The van der Waals surface area contributed by atoms with Crippen LogP contribution in [0.4, 0.5) is 0 Å². The zero-order valence-electron chi connectivity index (χ0n) is 14.5. The number of aromatic nitrogens is 1. The van der Waals surface area contributed by atoms with Crippen LogP contribution in [0.25, 0.3) is 0 Å². The van der Waals surface area contributed by atoms with Crippen molar-refractivity contribution in [2.24, 2.45) is 10.7 Å². The highest BCUT2D eigenvalue weighted by Crippen LogP contribution is 2.12. The molecule has 1 aromatic heterocycles. The number of amides is 1. The van der Waals surface area contributed by atoms with E-state index >= 15 is 0 Å². The molecule has 0 spiro atoms. The molecular formula is C16H28N6OS. The fraction of sp³-hybridized carbons (Fsp3) is 0.688. The molecule has 1 saturated heterocycles. The molecule has 0 radical (unpaired) electrons. The van der Waals surface area contributed by atoms with Gasteiger partial charge in [0.1, 0.15) is 0 Å². The minimum atomic E-state index is -0.256. The van der Waals surface area contributed by atoms with Crippen LogP contribution in [0.5, 0.6) is 0 Å². The highest BCUT2D eigenvalue weighted by Gasteiger charge is 2.20. The van der Waals surface area contributed by atoms with E-state index in [0.717, 1.165) is 56.4 Å². The molecule has 1 aliphatic rings. The van der Waals surface area contributed by atoms with Gasteiger partial charge in [0, 0.05) is 49.7 Å². The molecule has 8 heteroatoms. The Hall–Kier alpha value is -1.67. The lowest BCUT2D eigenvalue weighted by molar-refractivity contribution is -0.119. The van der Waals surface area contributed by atoms with Crippen LogP contribution in [0.1, 0.15) is 29.7 Å². The Morgan fingerprint density at radius 1 is 1.50 bits per heavy atom. The Morgan fingerprint density at radius 2 is 2.25 bits per heavy atom. The number of carbonyl (C=O) groups is 1. The molecule has 2 rings (SSSR count). The molecule has 0 unspecified atom stereocenters. The first-order chi connectivity index (χ1) is 11.6. The van der Waals surface area contributed by atoms with Gasteiger partial charge in [0.25, 0.3) is 0 Å². The Bertz CT molecular complexity index is 551. The summed E-state index contributed by atoms with van der Waals surface area (Å²) in [5.74, 6) is 0.605. The maximum Gasteiger partial charge on any atom is 0.231 e. The topological polar surface area (TPSA) is 95.6 Å². The number of primary amides is 1. The Kier molecular flexibility index (Phi) is 7.45. The molecule has 4 N–H and O–H groups in total.